The molecule has 1 rings (SSSR count). The second-order valence-corrected chi connectivity index (χ2v) is 5.72. The number of nitrogens with zero attached hydrogens (tertiary/aromatic N) is 1. The van der Waals surface area contributed by atoms with E-state index in [1.165, 1.54) is 12.8 Å². The van der Waals surface area contributed by atoms with Gasteiger partial charge in [0.2, 0.25) is 0 Å². The molecule has 0 saturated carbocycles. The molecular weight excluding hydrogens is 290 g/mol. The molecule has 0 saturated heterocycles. The summed E-state index contributed by atoms with van der Waals surface area (Å²) in [5.74, 6) is 0.215. The molecule has 0 radical (unpaired) electrons. The largest absolute Gasteiger partial charge is 0.303 e. The van der Waals surface area contributed by atoms with Crippen molar-refractivity contribution in [3.05, 3.63) is 34.3 Å². The molecule has 0 N–H and O–H groups in total. The van der Waals surface area contributed by atoms with Gasteiger partial charge in [-0.1, -0.05) is 41.4 Å². The third-order valence-corrected chi connectivity index (χ3v) is 3.79. The first-order valence-corrected chi connectivity index (χ1v) is 7.33. The topological polar surface area (TPSA) is 20.3 Å². The minimum Gasteiger partial charge on any atom is -0.303 e. The summed E-state index contributed by atoms with van der Waals surface area (Å²) < 4.78 is 0.959. The van der Waals surface area contributed by atoms with E-state index in [0.717, 1.165) is 16.6 Å². The Balaban J connectivity index is 2.46. The number of halogens is 1. The Morgan fingerprint density at radius 2 is 2.17 bits per heavy atom. The van der Waals surface area contributed by atoms with Crippen molar-refractivity contribution in [2.75, 3.05) is 13.6 Å². The van der Waals surface area contributed by atoms with E-state index in [9.17, 15) is 4.79 Å². The van der Waals surface area contributed by atoms with Gasteiger partial charge in [0, 0.05) is 29.0 Å². The molecule has 0 spiro atoms. The van der Waals surface area contributed by atoms with Crippen molar-refractivity contribution in [3.63, 3.8) is 0 Å². The van der Waals surface area contributed by atoms with Gasteiger partial charge in [-0.15, -0.1) is 0 Å². The molecule has 0 aliphatic carbocycles. The van der Waals surface area contributed by atoms with Gasteiger partial charge >= 0.3 is 0 Å². The van der Waals surface area contributed by atoms with Gasteiger partial charge in [-0.25, -0.2) is 0 Å². The van der Waals surface area contributed by atoms with E-state index in [1.54, 1.807) is 0 Å². The van der Waals surface area contributed by atoms with Crippen molar-refractivity contribution in [1.29, 1.82) is 0 Å². The maximum absolute atomic E-state index is 12.0. The molecule has 1 atom stereocenters. The van der Waals surface area contributed by atoms with E-state index in [2.05, 4.69) is 41.7 Å². The summed E-state index contributed by atoms with van der Waals surface area (Å²) in [6.45, 7) is 5.23. The molecule has 0 aliphatic heterocycles. The Kier molecular flexibility index (Phi) is 6.58. The minimum absolute atomic E-state index is 0.215. The second-order valence-electron chi connectivity index (χ2n) is 4.80. The van der Waals surface area contributed by atoms with Crippen LogP contribution in [-0.2, 0) is 0 Å². The fourth-order valence-electron chi connectivity index (χ4n) is 1.94. The Morgan fingerprint density at radius 1 is 1.44 bits per heavy atom. The number of carbonyl (C=O) groups is 1. The molecule has 0 amide bonds. The van der Waals surface area contributed by atoms with Gasteiger partial charge < -0.3 is 4.90 Å². The molecule has 1 aromatic carbocycles. The third kappa shape index (κ3) is 4.91. The van der Waals surface area contributed by atoms with Crippen LogP contribution in [0.15, 0.2) is 28.7 Å². The quantitative estimate of drug-likeness (QED) is 0.705. The van der Waals surface area contributed by atoms with Crippen molar-refractivity contribution in [2.45, 2.75) is 39.2 Å². The zero-order valence-electron chi connectivity index (χ0n) is 11.4. The summed E-state index contributed by atoms with van der Waals surface area (Å²) >= 11 is 3.39. The summed E-state index contributed by atoms with van der Waals surface area (Å²) in [5, 5.41) is 0. The van der Waals surface area contributed by atoms with E-state index in [-0.39, 0.29) is 5.78 Å². The molecule has 1 unspecified atom stereocenters. The van der Waals surface area contributed by atoms with Gasteiger partial charge in [0.05, 0.1) is 0 Å². The van der Waals surface area contributed by atoms with Crippen LogP contribution in [0.4, 0.5) is 0 Å². The molecule has 0 heterocycles. The maximum Gasteiger partial charge on any atom is 0.164 e. The zero-order valence-corrected chi connectivity index (χ0v) is 13.0. The predicted octanol–water partition coefficient (Wildman–Crippen LogP) is 4.14. The summed E-state index contributed by atoms with van der Waals surface area (Å²) in [4.78, 5) is 14.3. The van der Waals surface area contributed by atoms with E-state index < -0.39 is 0 Å². The first kappa shape index (κ1) is 15.4. The maximum atomic E-state index is 12.0. The lowest BCUT2D eigenvalue weighted by Gasteiger charge is -2.23. The van der Waals surface area contributed by atoms with E-state index in [0.29, 0.717) is 12.5 Å². The van der Waals surface area contributed by atoms with Crippen LogP contribution in [0.2, 0.25) is 0 Å². The average molecular weight is 312 g/mol. The lowest BCUT2D eigenvalue weighted by molar-refractivity contribution is 0.0961. The number of ketones is 1. The lowest BCUT2D eigenvalue weighted by atomic mass is 10.1. The number of carbonyl (C=O) groups excluding carboxylic acids is 1. The van der Waals surface area contributed by atoms with Crippen molar-refractivity contribution < 1.29 is 4.79 Å². The summed E-state index contributed by atoms with van der Waals surface area (Å²) in [6, 6.07) is 8.15. The molecule has 1 aromatic rings. The van der Waals surface area contributed by atoms with Crippen molar-refractivity contribution in [2.24, 2.45) is 0 Å². The predicted molar refractivity (Wildman–Crippen MR) is 80.1 cm³/mol. The van der Waals surface area contributed by atoms with Crippen LogP contribution in [0.3, 0.4) is 0 Å². The molecule has 0 fully saturated rings. The first-order chi connectivity index (χ1) is 8.54. The van der Waals surface area contributed by atoms with Gasteiger partial charge in [-0.3, -0.25) is 4.79 Å². The standard InChI is InChI=1S/C15H22BrNO/c1-4-6-12(2)17(3)10-9-15(18)13-7-5-8-14(16)11-13/h5,7-8,11-12H,4,6,9-10H2,1-3H3. The number of Topliss-reactive ketones (excluding diaryl/α,β-unsaturated/α-hetero) is 1. The molecule has 3 heteroatoms. The molecule has 0 bridgehead atoms. The van der Waals surface area contributed by atoms with E-state index >= 15 is 0 Å². The monoisotopic (exact) mass is 311 g/mol. The molecule has 18 heavy (non-hydrogen) atoms. The first-order valence-electron chi connectivity index (χ1n) is 6.53. The molecule has 0 aromatic heterocycles. The Morgan fingerprint density at radius 3 is 2.78 bits per heavy atom. The second kappa shape index (κ2) is 7.70. The van der Waals surface area contributed by atoms with E-state index in [4.69, 9.17) is 0 Å². The number of benzene rings is 1. The highest BCUT2D eigenvalue weighted by Crippen LogP contribution is 2.14. The summed E-state index contributed by atoms with van der Waals surface area (Å²) in [6.07, 6.45) is 2.95. The van der Waals surface area contributed by atoms with Gasteiger partial charge in [0.1, 0.15) is 0 Å². The smallest absolute Gasteiger partial charge is 0.164 e. The van der Waals surface area contributed by atoms with Crippen LogP contribution in [0, 0.1) is 0 Å². The number of hydrogen-bond acceptors (Lipinski definition) is 2. The summed E-state index contributed by atoms with van der Waals surface area (Å²) in [7, 11) is 2.09. The van der Waals surface area contributed by atoms with Crippen LogP contribution in [0.25, 0.3) is 0 Å². The van der Waals surface area contributed by atoms with Gasteiger partial charge in [-0.05, 0) is 32.5 Å². The Bertz CT molecular complexity index is 392. The van der Waals surface area contributed by atoms with Crippen LogP contribution in [0.5, 0.6) is 0 Å². The van der Waals surface area contributed by atoms with Crippen molar-refractivity contribution in [3.8, 4) is 0 Å². The Hall–Kier alpha value is -0.670. The highest BCUT2D eigenvalue weighted by Gasteiger charge is 2.11. The fraction of sp³-hybridized carbons (Fsp3) is 0.533. The number of rotatable bonds is 7. The Labute approximate surface area is 119 Å². The number of hydrogen-bond donors (Lipinski definition) is 0. The fourth-order valence-corrected chi connectivity index (χ4v) is 2.34. The van der Waals surface area contributed by atoms with Crippen molar-refractivity contribution >= 4 is 21.7 Å². The normalized spacial score (nSPS) is 12.7. The van der Waals surface area contributed by atoms with Crippen LogP contribution in [-0.4, -0.2) is 30.3 Å². The third-order valence-electron chi connectivity index (χ3n) is 3.30. The van der Waals surface area contributed by atoms with Crippen molar-refractivity contribution in [1.82, 2.24) is 4.90 Å². The molecule has 100 valence electrons. The van der Waals surface area contributed by atoms with Gasteiger partial charge in [-0.2, -0.15) is 0 Å². The minimum atomic E-state index is 0.215. The van der Waals surface area contributed by atoms with Gasteiger partial charge in [0.25, 0.3) is 0 Å². The molecule has 0 aliphatic rings. The lowest BCUT2D eigenvalue weighted by Crippen LogP contribution is -2.31. The van der Waals surface area contributed by atoms with Gasteiger partial charge in [0.15, 0.2) is 5.78 Å². The highest BCUT2D eigenvalue weighted by molar-refractivity contribution is 9.10. The SMILES string of the molecule is CCCC(C)N(C)CCC(=O)c1cccc(Br)c1. The highest BCUT2D eigenvalue weighted by atomic mass is 79.9. The summed E-state index contributed by atoms with van der Waals surface area (Å²) in [5.41, 5.74) is 0.793. The van der Waals surface area contributed by atoms with E-state index in [1.807, 2.05) is 24.3 Å². The average Bonchev–Trinajstić information content (AvgIpc) is 2.35. The van der Waals surface area contributed by atoms with Crippen LogP contribution < -0.4 is 0 Å². The van der Waals surface area contributed by atoms with Crippen LogP contribution >= 0.6 is 15.9 Å². The molecular formula is C15H22BrNO. The van der Waals surface area contributed by atoms with Crippen LogP contribution in [0.1, 0.15) is 43.5 Å². The molecule has 2 nitrogen and oxygen atoms in total. The zero-order chi connectivity index (χ0) is 13.5.